The summed E-state index contributed by atoms with van der Waals surface area (Å²) in [7, 11) is 0. The highest BCUT2D eigenvalue weighted by molar-refractivity contribution is 7.09. The summed E-state index contributed by atoms with van der Waals surface area (Å²) in [6, 6.07) is 4.08. The Kier molecular flexibility index (Phi) is 7.72. The summed E-state index contributed by atoms with van der Waals surface area (Å²) in [5.74, 6) is 1.75. The lowest BCUT2D eigenvalue weighted by atomic mass is 9.81. The minimum atomic E-state index is -0.406. The lowest BCUT2D eigenvalue weighted by Crippen LogP contribution is -2.34. The molecule has 0 bridgehead atoms. The fourth-order valence-electron chi connectivity index (χ4n) is 3.05. The maximum atomic E-state index is 9.90. The van der Waals surface area contributed by atoms with Gasteiger partial charge in [0.2, 0.25) is 0 Å². The van der Waals surface area contributed by atoms with Gasteiger partial charge in [0.15, 0.2) is 0 Å². The van der Waals surface area contributed by atoms with Gasteiger partial charge < -0.3 is 15.2 Å². The van der Waals surface area contributed by atoms with Crippen LogP contribution in [0.4, 0.5) is 0 Å². The molecular weight excluding hydrogens is 282 g/mol. The van der Waals surface area contributed by atoms with E-state index in [1.165, 1.54) is 37.0 Å². The van der Waals surface area contributed by atoms with Gasteiger partial charge >= 0.3 is 0 Å². The fraction of sp³-hybridized carbons (Fsp3) is 0.765. The van der Waals surface area contributed by atoms with Crippen LogP contribution >= 0.6 is 11.3 Å². The van der Waals surface area contributed by atoms with Crippen molar-refractivity contribution in [2.24, 2.45) is 11.8 Å². The van der Waals surface area contributed by atoms with Crippen molar-refractivity contribution in [2.45, 2.75) is 51.7 Å². The predicted octanol–water partition coefficient (Wildman–Crippen LogP) is 3.43. The maximum absolute atomic E-state index is 9.90. The third-order valence-electron chi connectivity index (χ3n) is 4.49. The normalized spacial score (nSPS) is 24.1. The molecule has 2 N–H and O–H groups in total. The number of hydrogen-bond acceptors (Lipinski definition) is 4. The standard InChI is InChI=1S/C17H29NO2S/c1-2-14-5-7-15(8-6-14)10-18-11-16(19)12-20-13-17-4-3-9-21-17/h3-4,9,14-16,18-19H,2,5-8,10-13H2,1H3. The van der Waals surface area contributed by atoms with Crippen LogP contribution in [-0.2, 0) is 11.3 Å². The number of rotatable bonds is 9. The molecule has 3 nitrogen and oxygen atoms in total. The van der Waals surface area contributed by atoms with E-state index in [4.69, 9.17) is 4.74 Å². The lowest BCUT2D eigenvalue weighted by Gasteiger charge is -2.28. The summed E-state index contributed by atoms with van der Waals surface area (Å²) in [4.78, 5) is 1.21. The smallest absolute Gasteiger partial charge is 0.0897 e. The highest BCUT2D eigenvalue weighted by atomic mass is 32.1. The second-order valence-corrected chi connectivity index (χ2v) is 7.23. The van der Waals surface area contributed by atoms with Crippen LogP contribution in [0, 0.1) is 11.8 Å². The maximum Gasteiger partial charge on any atom is 0.0897 e. The topological polar surface area (TPSA) is 41.5 Å². The molecule has 1 atom stereocenters. The molecule has 1 aliphatic carbocycles. The highest BCUT2D eigenvalue weighted by Gasteiger charge is 2.19. The Morgan fingerprint density at radius 3 is 2.76 bits per heavy atom. The van der Waals surface area contributed by atoms with E-state index in [-0.39, 0.29) is 0 Å². The Bertz CT molecular complexity index is 361. The first-order valence-electron chi connectivity index (χ1n) is 8.26. The first kappa shape index (κ1) is 16.9. The van der Waals surface area contributed by atoms with Gasteiger partial charge in [-0.05, 0) is 42.7 Å². The monoisotopic (exact) mass is 311 g/mol. The minimum absolute atomic E-state index is 0.406. The fourth-order valence-corrected chi connectivity index (χ4v) is 3.69. The van der Waals surface area contributed by atoms with E-state index in [1.807, 2.05) is 11.4 Å². The van der Waals surface area contributed by atoms with Crippen LogP contribution in [0.1, 0.15) is 43.9 Å². The molecule has 0 aromatic carbocycles. The SMILES string of the molecule is CCC1CCC(CNCC(O)COCc2cccs2)CC1. The van der Waals surface area contributed by atoms with Gasteiger partial charge in [-0.3, -0.25) is 0 Å². The molecule has 2 rings (SSSR count). The summed E-state index contributed by atoms with van der Waals surface area (Å²) in [5, 5.41) is 15.4. The number of hydrogen-bond donors (Lipinski definition) is 2. The van der Waals surface area contributed by atoms with Crippen LogP contribution in [0.3, 0.4) is 0 Å². The van der Waals surface area contributed by atoms with Crippen molar-refractivity contribution in [3.63, 3.8) is 0 Å². The van der Waals surface area contributed by atoms with Crippen LogP contribution in [-0.4, -0.2) is 30.9 Å². The summed E-state index contributed by atoms with van der Waals surface area (Å²) < 4.78 is 5.53. The number of aliphatic hydroxyl groups is 1. The summed E-state index contributed by atoms with van der Waals surface area (Å²) >= 11 is 1.69. The zero-order valence-electron chi connectivity index (χ0n) is 13.1. The minimum Gasteiger partial charge on any atom is -0.389 e. The van der Waals surface area contributed by atoms with Gasteiger partial charge in [0.05, 0.1) is 19.3 Å². The van der Waals surface area contributed by atoms with Gasteiger partial charge in [-0.25, -0.2) is 0 Å². The second-order valence-electron chi connectivity index (χ2n) is 6.20. The van der Waals surface area contributed by atoms with E-state index in [0.29, 0.717) is 19.8 Å². The van der Waals surface area contributed by atoms with Crippen molar-refractivity contribution in [1.29, 1.82) is 0 Å². The molecule has 1 aromatic rings. The first-order chi connectivity index (χ1) is 10.3. The Labute approximate surface area is 132 Å². The molecule has 0 amide bonds. The molecule has 1 heterocycles. The van der Waals surface area contributed by atoms with Crippen molar-refractivity contribution < 1.29 is 9.84 Å². The van der Waals surface area contributed by atoms with Crippen molar-refractivity contribution in [2.75, 3.05) is 19.7 Å². The Hall–Kier alpha value is -0.420. The van der Waals surface area contributed by atoms with Crippen LogP contribution in [0.2, 0.25) is 0 Å². The van der Waals surface area contributed by atoms with Crippen LogP contribution in [0.15, 0.2) is 17.5 Å². The average Bonchev–Trinajstić information content (AvgIpc) is 3.01. The number of aliphatic hydroxyl groups excluding tert-OH is 1. The van der Waals surface area contributed by atoms with Crippen molar-refractivity contribution >= 4 is 11.3 Å². The van der Waals surface area contributed by atoms with E-state index >= 15 is 0 Å². The third-order valence-corrected chi connectivity index (χ3v) is 5.34. The second kappa shape index (κ2) is 9.57. The molecular formula is C17H29NO2S. The molecule has 0 saturated heterocycles. The number of nitrogens with one attached hydrogen (secondary N) is 1. The predicted molar refractivity (Wildman–Crippen MR) is 88.6 cm³/mol. The molecule has 1 aromatic heterocycles. The van der Waals surface area contributed by atoms with E-state index in [1.54, 1.807) is 11.3 Å². The van der Waals surface area contributed by atoms with Crippen molar-refractivity contribution in [3.05, 3.63) is 22.4 Å². The molecule has 0 spiro atoms. The number of thiophene rings is 1. The van der Waals surface area contributed by atoms with E-state index in [0.717, 1.165) is 18.4 Å². The third kappa shape index (κ3) is 6.47. The molecule has 1 fully saturated rings. The summed E-state index contributed by atoms with van der Waals surface area (Å²) in [6.07, 6.45) is 6.38. The van der Waals surface area contributed by atoms with E-state index in [2.05, 4.69) is 18.3 Å². The Morgan fingerprint density at radius 1 is 1.33 bits per heavy atom. The van der Waals surface area contributed by atoms with Gasteiger partial charge in [0, 0.05) is 11.4 Å². The lowest BCUT2D eigenvalue weighted by molar-refractivity contribution is 0.0292. The quantitative estimate of drug-likeness (QED) is 0.734. The van der Waals surface area contributed by atoms with Crippen molar-refractivity contribution in [1.82, 2.24) is 5.32 Å². The average molecular weight is 311 g/mol. The molecule has 1 aliphatic rings. The molecule has 1 unspecified atom stereocenters. The molecule has 4 heteroatoms. The first-order valence-corrected chi connectivity index (χ1v) is 9.14. The van der Waals surface area contributed by atoms with Crippen LogP contribution in [0.5, 0.6) is 0 Å². The van der Waals surface area contributed by atoms with Gasteiger partial charge in [0.1, 0.15) is 0 Å². The van der Waals surface area contributed by atoms with Gasteiger partial charge in [-0.2, -0.15) is 0 Å². The molecule has 1 saturated carbocycles. The van der Waals surface area contributed by atoms with Gasteiger partial charge in [-0.15, -0.1) is 11.3 Å². The molecule has 0 radical (unpaired) electrons. The van der Waals surface area contributed by atoms with E-state index in [9.17, 15) is 5.11 Å². The van der Waals surface area contributed by atoms with Crippen molar-refractivity contribution in [3.8, 4) is 0 Å². The van der Waals surface area contributed by atoms with Crippen LogP contribution in [0.25, 0.3) is 0 Å². The van der Waals surface area contributed by atoms with E-state index < -0.39 is 6.10 Å². The summed E-state index contributed by atoms with van der Waals surface area (Å²) in [5.41, 5.74) is 0. The van der Waals surface area contributed by atoms with Gasteiger partial charge in [-0.1, -0.05) is 32.3 Å². The van der Waals surface area contributed by atoms with Gasteiger partial charge in [0.25, 0.3) is 0 Å². The zero-order valence-corrected chi connectivity index (χ0v) is 13.9. The molecule has 120 valence electrons. The molecule has 0 aliphatic heterocycles. The highest BCUT2D eigenvalue weighted by Crippen LogP contribution is 2.29. The van der Waals surface area contributed by atoms with Crippen LogP contribution < -0.4 is 5.32 Å². The zero-order chi connectivity index (χ0) is 14.9. The Balaban J connectivity index is 1.48. The largest absolute Gasteiger partial charge is 0.389 e. The molecule has 21 heavy (non-hydrogen) atoms. The Morgan fingerprint density at radius 2 is 2.10 bits per heavy atom. The number of ether oxygens (including phenoxy) is 1. The summed E-state index contributed by atoms with van der Waals surface area (Å²) in [6.45, 7) is 5.00.